The lowest BCUT2D eigenvalue weighted by Gasteiger charge is -2.15. The van der Waals surface area contributed by atoms with Crippen LogP contribution < -0.4 is 17.1 Å². The SMILES string of the molecule is CCC(C)c1ccc(Cn2c(=O)n(CCC(=O)OCC(O)CO)c(=O)n(CCC(=O)OCC(O)CO)c2=O)cc1. The van der Waals surface area contributed by atoms with Crippen LogP contribution in [0, 0.1) is 0 Å². The zero-order valence-electron chi connectivity index (χ0n) is 22.6. The smallest absolute Gasteiger partial charge is 0.336 e. The zero-order valence-corrected chi connectivity index (χ0v) is 22.6. The Balaban J connectivity index is 2.37. The van der Waals surface area contributed by atoms with Gasteiger partial charge in [0.05, 0.1) is 32.6 Å². The Hall–Kier alpha value is -3.59. The second kappa shape index (κ2) is 15.9. The number of carbonyl (C=O) groups is 2. The Bertz CT molecular complexity index is 1230. The van der Waals surface area contributed by atoms with Crippen LogP contribution in [0.1, 0.15) is 50.2 Å². The number of esters is 2. The number of benzene rings is 1. The summed E-state index contributed by atoms with van der Waals surface area (Å²) in [6.07, 6.45) is -2.53. The van der Waals surface area contributed by atoms with E-state index in [-0.39, 0.29) is 6.54 Å². The van der Waals surface area contributed by atoms with Crippen molar-refractivity contribution in [2.24, 2.45) is 0 Å². The van der Waals surface area contributed by atoms with Crippen LogP contribution in [-0.4, -0.2) is 84.7 Å². The van der Waals surface area contributed by atoms with Crippen molar-refractivity contribution in [3.63, 3.8) is 0 Å². The highest BCUT2D eigenvalue weighted by molar-refractivity contribution is 5.69. The van der Waals surface area contributed by atoms with Gasteiger partial charge in [-0.3, -0.25) is 9.59 Å². The maximum absolute atomic E-state index is 13.2. The molecule has 0 spiro atoms. The number of hydrogen-bond acceptors (Lipinski definition) is 11. The quantitative estimate of drug-likeness (QED) is 0.169. The van der Waals surface area contributed by atoms with Gasteiger partial charge < -0.3 is 29.9 Å². The van der Waals surface area contributed by atoms with Crippen molar-refractivity contribution in [1.29, 1.82) is 0 Å². The lowest BCUT2D eigenvalue weighted by atomic mass is 9.98. The molecule has 0 aliphatic rings. The van der Waals surface area contributed by atoms with Crippen LogP contribution in [0.4, 0.5) is 0 Å². The fraction of sp³-hybridized carbons (Fsp3) is 0.577. The van der Waals surface area contributed by atoms with Crippen molar-refractivity contribution in [1.82, 2.24) is 13.7 Å². The summed E-state index contributed by atoms with van der Waals surface area (Å²) < 4.78 is 11.8. The normalized spacial score (nSPS) is 13.4. The van der Waals surface area contributed by atoms with Gasteiger partial charge in [0.2, 0.25) is 0 Å². The van der Waals surface area contributed by atoms with Crippen LogP contribution in [0.15, 0.2) is 38.6 Å². The first-order valence-corrected chi connectivity index (χ1v) is 12.9. The van der Waals surface area contributed by atoms with Gasteiger partial charge in [-0.1, -0.05) is 38.1 Å². The molecule has 0 aliphatic heterocycles. The van der Waals surface area contributed by atoms with E-state index >= 15 is 0 Å². The molecule has 4 N–H and O–H groups in total. The topological polar surface area (TPSA) is 200 Å². The Labute approximate surface area is 229 Å². The minimum absolute atomic E-state index is 0.182. The van der Waals surface area contributed by atoms with E-state index in [0.717, 1.165) is 16.6 Å². The van der Waals surface area contributed by atoms with E-state index in [1.54, 1.807) is 12.1 Å². The molecule has 1 aromatic heterocycles. The summed E-state index contributed by atoms with van der Waals surface area (Å²) in [6, 6.07) is 7.30. The summed E-state index contributed by atoms with van der Waals surface area (Å²) in [7, 11) is 0. The van der Waals surface area contributed by atoms with Crippen molar-refractivity contribution in [2.75, 3.05) is 26.4 Å². The molecule has 0 saturated carbocycles. The van der Waals surface area contributed by atoms with Gasteiger partial charge in [0.1, 0.15) is 25.4 Å². The first-order valence-electron chi connectivity index (χ1n) is 12.9. The number of carbonyl (C=O) groups excluding carboxylic acids is 2. The lowest BCUT2D eigenvalue weighted by molar-refractivity contribution is -0.148. The van der Waals surface area contributed by atoms with Gasteiger partial charge in [0.15, 0.2) is 0 Å². The molecule has 1 aromatic carbocycles. The molecule has 0 fully saturated rings. The van der Waals surface area contributed by atoms with Crippen LogP contribution in [0.5, 0.6) is 0 Å². The van der Waals surface area contributed by atoms with Crippen LogP contribution in [0.2, 0.25) is 0 Å². The highest BCUT2D eigenvalue weighted by atomic mass is 16.5. The lowest BCUT2D eigenvalue weighted by Crippen LogP contribution is -2.55. The maximum atomic E-state index is 13.2. The number of nitrogens with zero attached hydrogens (tertiary/aromatic N) is 3. The van der Waals surface area contributed by atoms with Gasteiger partial charge >= 0.3 is 29.0 Å². The molecule has 2 aromatic rings. The first-order chi connectivity index (χ1) is 19.0. The van der Waals surface area contributed by atoms with Crippen LogP contribution >= 0.6 is 0 Å². The molecule has 3 atom stereocenters. The van der Waals surface area contributed by atoms with E-state index in [4.69, 9.17) is 19.7 Å². The number of aliphatic hydroxyl groups is 4. The van der Waals surface area contributed by atoms with Crippen molar-refractivity contribution < 1.29 is 39.5 Å². The zero-order chi connectivity index (χ0) is 29.8. The van der Waals surface area contributed by atoms with Gasteiger partial charge in [-0.2, -0.15) is 0 Å². The number of rotatable bonds is 16. The first kappa shape index (κ1) is 32.6. The molecule has 0 radical (unpaired) electrons. The molecule has 0 saturated heterocycles. The van der Waals surface area contributed by atoms with Crippen molar-refractivity contribution >= 4 is 11.9 Å². The predicted octanol–water partition coefficient (Wildman–Crippen LogP) is -1.69. The molecule has 14 heteroatoms. The molecule has 3 unspecified atom stereocenters. The molecular formula is C26H37N3O11. The molecule has 222 valence electrons. The summed E-state index contributed by atoms with van der Waals surface area (Å²) >= 11 is 0. The molecule has 0 aliphatic carbocycles. The third kappa shape index (κ3) is 9.26. The monoisotopic (exact) mass is 567 g/mol. The molecular weight excluding hydrogens is 530 g/mol. The van der Waals surface area contributed by atoms with Crippen molar-refractivity contribution in [3.05, 3.63) is 66.8 Å². The molecule has 14 nitrogen and oxygen atoms in total. The Morgan fingerprint density at radius 2 is 1.20 bits per heavy atom. The third-order valence-corrected chi connectivity index (χ3v) is 6.26. The molecule has 1 heterocycles. The number of aromatic nitrogens is 3. The Morgan fingerprint density at radius 1 is 0.775 bits per heavy atom. The fourth-order valence-corrected chi connectivity index (χ4v) is 3.60. The summed E-state index contributed by atoms with van der Waals surface area (Å²) in [4.78, 5) is 63.6. The number of hydrogen-bond donors (Lipinski definition) is 4. The van der Waals surface area contributed by atoms with Gasteiger partial charge in [-0.05, 0) is 23.5 Å². The summed E-state index contributed by atoms with van der Waals surface area (Å²) in [5.41, 5.74) is -1.29. The predicted molar refractivity (Wildman–Crippen MR) is 141 cm³/mol. The van der Waals surface area contributed by atoms with Gasteiger partial charge in [-0.15, -0.1) is 0 Å². The van der Waals surface area contributed by atoms with Crippen LogP contribution in [0.25, 0.3) is 0 Å². The Kier molecular flexibility index (Phi) is 12.9. The van der Waals surface area contributed by atoms with Gasteiger partial charge in [0.25, 0.3) is 0 Å². The Morgan fingerprint density at radius 3 is 1.60 bits per heavy atom. The standard InChI is InChI=1S/C26H37N3O11/c1-3-17(2)19-6-4-18(5-7-19)12-29-25(37)27(10-8-22(34)39-15-20(32)13-30)24(36)28(26(29)38)11-9-23(35)40-16-21(33)14-31/h4-7,17,20-21,30-33H,3,8-16H2,1-2H3. The average molecular weight is 568 g/mol. The van der Waals surface area contributed by atoms with E-state index < -0.39 is 93.6 Å². The van der Waals surface area contributed by atoms with Gasteiger partial charge in [0, 0.05) is 13.1 Å². The molecule has 0 amide bonds. The van der Waals surface area contributed by atoms with Crippen LogP contribution in [0.3, 0.4) is 0 Å². The minimum Gasteiger partial charge on any atom is -0.463 e. The number of aliphatic hydroxyl groups excluding tert-OH is 4. The molecule has 2 rings (SSSR count). The van der Waals surface area contributed by atoms with E-state index in [2.05, 4.69) is 13.8 Å². The average Bonchev–Trinajstić information content (AvgIpc) is 2.96. The summed E-state index contributed by atoms with van der Waals surface area (Å²) in [5.74, 6) is -1.39. The summed E-state index contributed by atoms with van der Waals surface area (Å²) in [5, 5.41) is 36.3. The van der Waals surface area contributed by atoms with Crippen LogP contribution in [-0.2, 0) is 38.7 Å². The van der Waals surface area contributed by atoms with Crippen molar-refractivity contribution in [2.45, 2.75) is 70.9 Å². The minimum atomic E-state index is -1.28. The van der Waals surface area contributed by atoms with E-state index in [0.29, 0.717) is 20.6 Å². The number of ether oxygens (including phenoxy) is 2. The van der Waals surface area contributed by atoms with E-state index in [1.807, 2.05) is 12.1 Å². The van der Waals surface area contributed by atoms with Crippen molar-refractivity contribution in [3.8, 4) is 0 Å². The molecule has 0 bridgehead atoms. The maximum Gasteiger partial charge on any atom is 0.336 e. The molecule has 40 heavy (non-hydrogen) atoms. The highest BCUT2D eigenvalue weighted by Crippen LogP contribution is 2.18. The van der Waals surface area contributed by atoms with Gasteiger partial charge in [-0.25, -0.2) is 28.1 Å². The second-order valence-corrected chi connectivity index (χ2v) is 9.33. The summed E-state index contributed by atoms with van der Waals surface area (Å²) in [6.45, 7) is 0.834. The van der Waals surface area contributed by atoms with E-state index in [9.17, 15) is 34.2 Å². The highest BCUT2D eigenvalue weighted by Gasteiger charge is 2.19. The largest absolute Gasteiger partial charge is 0.463 e. The fourth-order valence-electron chi connectivity index (χ4n) is 3.60. The third-order valence-electron chi connectivity index (χ3n) is 6.26. The second-order valence-electron chi connectivity index (χ2n) is 9.33. The van der Waals surface area contributed by atoms with E-state index in [1.165, 1.54) is 0 Å².